The number of nitrogens with zero attached hydrogens (tertiary/aromatic N) is 7. The van der Waals surface area contributed by atoms with Crippen molar-refractivity contribution in [2.24, 2.45) is 11.8 Å². The van der Waals surface area contributed by atoms with Gasteiger partial charge in [0.25, 0.3) is 0 Å². The van der Waals surface area contributed by atoms with Crippen LogP contribution in [0.15, 0.2) is 24.8 Å². The van der Waals surface area contributed by atoms with Crippen molar-refractivity contribution in [2.75, 3.05) is 36.0 Å². The minimum atomic E-state index is 0.360. The van der Waals surface area contributed by atoms with Gasteiger partial charge in [0.05, 0.1) is 12.4 Å². The molecule has 2 aromatic heterocycles. The summed E-state index contributed by atoms with van der Waals surface area (Å²) in [7, 11) is 0. The topological polar surface area (TPSA) is 81.8 Å². The van der Waals surface area contributed by atoms with Crippen LogP contribution < -0.4 is 9.80 Å². The third-order valence-electron chi connectivity index (χ3n) is 4.68. The lowest BCUT2D eigenvalue weighted by molar-refractivity contribution is 0.533. The van der Waals surface area contributed by atoms with E-state index in [1.165, 1.54) is 0 Å². The summed E-state index contributed by atoms with van der Waals surface area (Å²) in [6.45, 7) is 5.98. The van der Waals surface area contributed by atoms with Crippen LogP contribution in [0.2, 0.25) is 0 Å². The lowest BCUT2D eigenvalue weighted by Gasteiger charge is -2.22. The molecule has 2 fully saturated rings. The zero-order valence-corrected chi connectivity index (χ0v) is 12.9. The van der Waals surface area contributed by atoms with Crippen LogP contribution >= 0.6 is 0 Å². The third kappa shape index (κ3) is 2.57. The maximum absolute atomic E-state index is 8.80. The monoisotopic (exact) mass is 307 g/mol. The zero-order chi connectivity index (χ0) is 15.8. The molecule has 0 aromatic carbocycles. The normalized spacial score (nSPS) is 23.0. The summed E-state index contributed by atoms with van der Waals surface area (Å²) in [5.74, 6) is 3.12. The Morgan fingerprint density at radius 1 is 0.957 bits per heavy atom. The summed E-state index contributed by atoms with van der Waals surface area (Å²) in [5, 5.41) is 8.80. The maximum atomic E-state index is 8.80. The van der Waals surface area contributed by atoms with E-state index in [1.54, 1.807) is 18.7 Å². The second-order valence-electron chi connectivity index (χ2n) is 6.22. The molecule has 23 heavy (non-hydrogen) atoms. The quantitative estimate of drug-likeness (QED) is 0.819. The van der Waals surface area contributed by atoms with Gasteiger partial charge in [-0.2, -0.15) is 5.26 Å². The highest BCUT2D eigenvalue weighted by Crippen LogP contribution is 2.34. The molecule has 0 aliphatic carbocycles. The van der Waals surface area contributed by atoms with E-state index in [1.807, 2.05) is 19.1 Å². The van der Waals surface area contributed by atoms with Crippen molar-refractivity contribution in [2.45, 2.75) is 6.92 Å². The van der Waals surface area contributed by atoms with Gasteiger partial charge in [0.2, 0.25) is 0 Å². The van der Waals surface area contributed by atoms with Gasteiger partial charge in [0.1, 0.15) is 24.0 Å². The van der Waals surface area contributed by atoms with Gasteiger partial charge in [-0.15, -0.1) is 0 Å². The lowest BCUT2D eigenvalue weighted by atomic mass is 10.0. The molecular weight excluding hydrogens is 290 g/mol. The van der Waals surface area contributed by atoms with E-state index in [0.717, 1.165) is 43.5 Å². The molecule has 2 aliphatic heterocycles. The first-order valence-corrected chi connectivity index (χ1v) is 7.73. The molecule has 116 valence electrons. The average Bonchev–Trinajstić information content (AvgIpc) is 3.14. The molecule has 0 amide bonds. The third-order valence-corrected chi connectivity index (χ3v) is 4.68. The van der Waals surface area contributed by atoms with E-state index in [-0.39, 0.29) is 0 Å². The number of anilines is 2. The van der Waals surface area contributed by atoms with Gasteiger partial charge in [-0.3, -0.25) is 0 Å². The highest BCUT2D eigenvalue weighted by molar-refractivity contribution is 5.44. The van der Waals surface area contributed by atoms with Crippen LogP contribution in [-0.2, 0) is 0 Å². The fourth-order valence-corrected chi connectivity index (χ4v) is 3.52. The van der Waals surface area contributed by atoms with Crippen LogP contribution in [0.1, 0.15) is 11.4 Å². The number of nitriles is 1. The Balaban J connectivity index is 1.44. The highest BCUT2D eigenvalue weighted by atomic mass is 15.3. The minimum Gasteiger partial charge on any atom is -0.356 e. The van der Waals surface area contributed by atoms with Crippen molar-refractivity contribution in [3.05, 3.63) is 36.2 Å². The summed E-state index contributed by atoms with van der Waals surface area (Å²) in [5.41, 5.74) is 1.36. The van der Waals surface area contributed by atoms with Gasteiger partial charge in [-0.25, -0.2) is 19.9 Å². The summed E-state index contributed by atoms with van der Waals surface area (Å²) < 4.78 is 0. The maximum Gasteiger partial charge on any atom is 0.158 e. The van der Waals surface area contributed by atoms with Gasteiger partial charge in [-0.1, -0.05) is 0 Å². The first-order chi connectivity index (χ1) is 11.2. The number of hydrogen-bond acceptors (Lipinski definition) is 7. The first kappa shape index (κ1) is 13.9. The van der Waals surface area contributed by atoms with Gasteiger partial charge in [0, 0.05) is 49.8 Å². The molecule has 4 heterocycles. The highest BCUT2D eigenvalue weighted by Gasteiger charge is 2.40. The Hall–Kier alpha value is -2.75. The van der Waals surface area contributed by atoms with Crippen molar-refractivity contribution >= 4 is 11.6 Å². The van der Waals surface area contributed by atoms with E-state index in [0.29, 0.717) is 17.5 Å². The Labute approximate surface area is 134 Å². The molecule has 2 unspecified atom stereocenters. The fourth-order valence-electron chi connectivity index (χ4n) is 3.52. The van der Waals surface area contributed by atoms with Gasteiger partial charge in [-0.05, 0) is 6.92 Å². The van der Waals surface area contributed by atoms with E-state index < -0.39 is 0 Å². The molecule has 0 spiro atoms. The first-order valence-electron chi connectivity index (χ1n) is 7.73. The molecule has 0 N–H and O–H groups in total. The molecule has 2 atom stereocenters. The molecule has 7 nitrogen and oxygen atoms in total. The number of aryl methyl sites for hydroxylation is 1. The molecule has 0 bridgehead atoms. The number of aromatic nitrogens is 4. The van der Waals surface area contributed by atoms with Crippen molar-refractivity contribution in [1.29, 1.82) is 5.26 Å². The number of rotatable bonds is 2. The Bertz CT molecular complexity index is 738. The second-order valence-corrected chi connectivity index (χ2v) is 6.22. The van der Waals surface area contributed by atoms with Crippen LogP contribution in [0, 0.1) is 30.1 Å². The molecule has 2 saturated heterocycles. The molecule has 2 aliphatic rings. The van der Waals surface area contributed by atoms with Gasteiger partial charge >= 0.3 is 0 Å². The number of hydrogen-bond donors (Lipinski definition) is 0. The standard InChI is InChI=1S/C16H17N7/c1-11-2-15(21-10-20-11)22-6-12-8-23(9-13(12)7-22)16-5-18-14(3-17)4-19-16/h2,4-5,10,12-13H,6-9H2,1H3. The smallest absolute Gasteiger partial charge is 0.158 e. The van der Waals surface area contributed by atoms with E-state index in [4.69, 9.17) is 5.26 Å². The van der Waals surface area contributed by atoms with Crippen molar-refractivity contribution in [1.82, 2.24) is 19.9 Å². The molecule has 7 heteroatoms. The number of fused-ring (bicyclic) bond motifs is 1. The Kier molecular flexibility index (Phi) is 3.30. The second kappa shape index (κ2) is 5.47. The molecular formula is C16H17N7. The summed E-state index contributed by atoms with van der Waals surface area (Å²) in [6.07, 6.45) is 4.88. The molecule has 4 rings (SSSR count). The van der Waals surface area contributed by atoms with E-state index in [9.17, 15) is 0 Å². The zero-order valence-electron chi connectivity index (χ0n) is 12.9. The lowest BCUT2D eigenvalue weighted by Crippen LogP contribution is -2.29. The Morgan fingerprint density at radius 2 is 1.65 bits per heavy atom. The van der Waals surface area contributed by atoms with Crippen LogP contribution in [0.4, 0.5) is 11.6 Å². The largest absolute Gasteiger partial charge is 0.356 e. The summed E-state index contributed by atoms with van der Waals surface area (Å²) in [6, 6.07) is 4.05. The van der Waals surface area contributed by atoms with Crippen molar-refractivity contribution < 1.29 is 0 Å². The fraction of sp³-hybridized carbons (Fsp3) is 0.438. The van der Waals surface area contributed by atoms with Crippen molar-refractivity contribution in [3.8, 4) is 6.07 Å². The SMILES string of the molecule is Cc1cc(N2CC3CN(c4cnc(C#N)cn4)CC3C2)ncn1. The van der Waals surface area contributed by atoms with Crippen LogP contribution in [0.5, 0.6) is 0 Å². The van der Waals surface area contributed by atoms with E-state index >= 15 is 0 Å². The summed E-state index contributed by atoms with van der Waals surface area (Å²) >= 11 is 0. The van der Waals surface area contributed by atoms with Crippen molar-refractivity contribution in [3.63, 3.8) is 0 Å². The van der Waals surface area contributed by atoms with Gasteiger partial charge < -0.3 is 9.80 Å². The average molecular weight is 307 g/mol. The minimum absolute atomic E-state index is 0.360. The molecule has 0 radical (unpaired) electrons. The van der Waals surface area contributed by atoms with Crippen LogP contribution in [0.3, 0.4) is 0 Å². The molecule has 2 aromatic rings. The Morgan fingerprint density at radius 3 is 2.22 bits per heavy atom. The predicted molar refractivity (Wildman–Crippen MR) is 84.9 cm³/mol. The predicted octanol–water partition coefficient (Wildman–Crippen LogP) is 1.02. The van der Waals surface area contributed by atoms with Crippen LogP contribution in [-0.4, -0.2) is 46.1 Å². The molecule has 0 saturated carbocycles. The van der Waals surface area contributed by atoms with E-state index in [2.05, 4.69) is 29.7 Å². The summed E-state index contributed by atoms with van der Waals surface area (Å²) in [4.78, 5) is 21.7. The van der Waals surface area contributed by atoms with Gasteiger partial charge in [0.15, 0.2) is 5.69 Å². The van der Waals surface area contributed by atoms with Crippen LogP contribution in [0.25, 0.3) is 0 Å².